The maximum absolute atomic E-state index is 7.34. The summed E-state index contributed by atoms with van der Waals surface area (Å²) in [6, 6.07) is 32.3. The second-order valence-electron chi connectivity index (χ2n) is 11.4. The van der Waals surface area contributed by atoms with Crippen molar-refractivity contribution in [1.29, 1.82) is 0 Å². The van der Waals surface area contributed by atoms with Crippen molar-refractivity contribution >= 4 is 38.5 Å². The molecule has 0 aliphatic carbocycles. The lowest BCUT2D eigenvalue weighted by Crippen LogP contribution is -2.61. The van der Waals surface area contributed by atoms with E-state index in [-0.39, 0.29) is 16.8 Å². The summed E-state index contributed by atoms with van der Waals surface area (Å²) in [5, 5.41) is 2.79. The normalized spacial score (nSPS) is 14.0. The molecule has 0 bridgehead atoms. The van der Waals surface area contributed by atoms with Crippen LogP contribution in [0.1, 0.15) is 27.2 Å². The lowest BCUT2D eigenvalue weighted by atomic mass is 9.86. The van der Waals surface area contributed by atoms with Crippen molar-refractivity contribution in [1.82, 2.24) is 0 Å². The molecule has 3 rings (SSSR count). The molecule has 1 nitrogen and oxygen atoms in total. The highest BCUT2D eigenvalue weighted by Crippen LogP contribution is 2.34. The van der Waals surface area contributed by atoms with E-state index in [1.54, 1.807) is 0 Å². The summed E-state index contributed by atoms with van der Waals surface area (Å²) in [6.45, 7) is 16.2. The molecule has 0 N–H and O–H groups in total. The van der Waals surface area contributed by atoms with E-state index in [2.05, 4.69) is 149 Å². The van der Waals surface area contributed by atoms with Crippen molar-refractivity contribution in [3.8, 4) is 11.5 Å². The highest BCUT2D eigenvalue weighted by Gasteiger charge is 2.40. The minimum absolute atomic E-state index is 0.0197. The second-order valence-corrected chi connectivity index (χ2v) is 20.9. The smallest absolute Gasteiger partial charge is 0.253 e. The molecule has 0 aliphatic heterocycles. The zero-order chi connectivity index (χ0) is 25.5. The Labute approximate surface area is 219 Å². The van der Waals surface area contributed by atoms with E-state index in [0.717, 1.165) is 6.42 Å². The summed E-state index contributed by atoms with van der Waals surface area (Å²) in [5.74, 6) is 3.69. The van der Waals surface area contributed by atoms with E-state index in [0.29, 0.717) is 0 Å². The molecule has 0 amide bonds. The first-order chi connectivity index (χ1) is 16.5. The molecule has 0 spiro atoms. The minimum Gasteiger partial charge on any atom is -0.405 e. The summed E-state index contributed by atoms with van der Waals surface area (Å²) in [6.07, 6.45) is 0.958. The number of thioether (sulfide) groups is 1. The molecule has 0 saturated heterocycles. The minimum atomic E-state index is -2.44. The van der Waals surface area contributed by atoms with E-state index in [1.165, 1.54) is 15.3 Å². The Balaban J connectivity index is 1.99. The van der Waals surface area contributed by atoms with Crippen molar-refractivity contribution in [2.24, 2.45) is 5.41 Å². The average Bonchev–Trinajstić information content (AvgIpc) is 2.82. The first-order valence-corrected chi connectivity index (χ1v) is 19.3. The number of benzene rings is 3. The lowest BCUT2D eigenvalue weighted by Gasteiger charge is -2.40. The van der Waals surface area contributed by atoms with E-state index in [4.69, 9.17) is 4.43 Å². The summed E-state index contributed by atoms with van der Waals surface area (Å²) in [4.78, 5) is 1.26. The van der Waals surface area contributed by atoms with Gasteiger partial charge >= 0.3 is 0 Å². The van der Waals surface area contributed by atoms with E-state index in [9.17, 15) is 0 Å². The van der Waals surface area contributed by atoms with Crippen molar-refractivity contribution < 1.29 is 4.43 Å². The standard InChI is InChI=1S/C31H40OSSi2/c1-31(2,3)30(25-27(23-24-34(4,5)6)33-26-17-11-8-12-18-26)32-35(7,28-19-13-9-14-20-28)29-21-15-10-16-22-29/h8-22,27,30H,25H2,1-7H3/t27-,30-/m0/s1. The van der Waals surface area contributed by atoms with Gasteiger partial charge in [-0.05, 0) is 40.9 Å². The maximum atomic E-state index is 7.34. The largest absolute Gasteiger partial charge is 0.405 e. The van der Waals surface area contributed by atoms with Gasteiger partial charge in [-0.25, -0.2) is 0 Å². The van der Waals surface area contributed by atoms with Crippen LogP contribution in [0.25, 0.3) is 0 Å². The second kappa shape index (κ2) is 11.8. The molecule has 3 aromatic carbocycles. The van der Waals surface area contributed by atoms with Crippen LogP contribution in [-0.2, 0) is 4.43 Å². The van der Waals surface area contributed by atoms with Crippen LogP contribution in [0.4, 0.5) is 0 Å². The highest BCUT2D eigenvalue weighted by molar-refractivity contribution is 8.00. The van der Waals surface area contributed by atoms with E-state index >= 15 is 0 Å². The monoisotopic (exact) mass is 516 g/mol. The van der Waals surface area contributed by atoms with E-state index < -0.39 is 16.4 Å². The average molecular weight is 517 g/mol. The molecule has 0 saturated carbocycles. The molecule has 2 atom stereocenters. The summed E-state index contributed by atoms with van der Waals surface area (Å²) >= 11 is 1.88. The van der Waals surface area contributed by atoms with Crippen LogP contribution in [-0.4, -0.2) is 27.7 Å². The number of hydrogen-bond donors (Lipinski definition) is 0. The van der Waals surface area contributed by atoms with Crippen molar-refractivity contribution in [3.05, 3.63) is 91.0 Å². The Bertz CT molecular complexity index is 1070. The third-order valence-electron chi connectivity index (χ3n) is 6.05. The van der Waals surface area contributed by atoms with Crippen molar-refractivity contribution in [2.75, 3.05) is 0 Å². The van der Waals surface area contributed by atoms with Gasteiger partial charge in [0.05, 0.1) is 11.4 Å². The number of hydrogen-bond acceptors (Lipinski definition) is 2. The molecule has 0 unspecified atom stereocenters. The molecule has 4 heteroatoms. The molecule has 184 valence electrons. The molecule has 0 aromatic heterocycles. The summed E-state index contributed by atoms with van der Waals surface area (Å²) in [5.41, 5.74) is 3.63. The van der Waals surface area contributed by atoms with Gasteiger partial charge in [-0.15, -0.1) is 17.3 Å². The van der Waals surface area contributed by atoms with Crippen molar-refractivity contribution in [3.63, 3.8) is 0 Å². The molecular weight excluding hydrogens is 477 g/mol. The molecule has 0 heterocycles. The zero-order valence-electron chi connectivity index (χ0n) is 22.3. The van der Waals surface area contributed by atoms with Crippen LogP contribution in [0.5, 0.6) is 0 Å². The highest BCUT2D eigenvalue weighted by atomic mass is 32.2. The predicted octanol–water partition coefficient (Wildman–Crippen LogP) is 7.24. The molecule has 35 heavy (non-hydrogen) atoms. The van der Waals surface area contributed by atoms with Gasteiger partial charge in [-0.2, -0.15) is 0 Å². The van der Waals surface area contributed by atoms with Gasteiger partial charge in [0.25, 0.3) is 8.32 Å². The summed E-state index contributed by atoms with van der Waals surface area (Å²) < 4.78 is 7.34. The van der Waals surface area contributed by atoms with Crippen LogP contribution in [0.3, 0.4) is 0 Å². The molecule has 0 radical (unpaired) electrons. The van der Waals surface area contributed by atoms with Gasteiger partial charge in [-0.3, -0.25) is 0 Å². The fraction of sp³-hybridized carbons (Fsp3) is 0.355. The van der Waals surface area contributed by atoms with Crippen LogP contribution < -0.4 is 10.4 Å². The van der Waals surface area contributed by atoms with Crippen LogP contribution in [0, 0.1) is 16.9 Å². The van der Waals surface area contributed by atoms with E-state index in [1.807, 2.05) is 11.8 Å². The number of rotatable bonds is 8. The first-order valence-electron chi connectivity index (χ1n) is 12.5. The molecule has 0 fully saturated rings. The van der Waals surface area contributed by atoms with Gasteiger partial charge < -0.3 is 4.43 Å². The molecular formula is C31H40OSSi2. The lowest BCUT2D eigenvalue weighted by molar-refractivity contribution is 0.0781. The van der Waals surface area contributed by atoms with Crippen molar-refractivity contribution in [2.45, 2.75) is 69.6 Å². The van der Waals surface area contributed by atoms with Gasteiger partial charge in [0, 0.05) is 4.90 Å². The van der Waals surface area contributed by atoms with Gasteiger partial charge in [0.1, 0.15) is 8.07 Å². The Morgan fingerprint density at radius 3 is 1.63 bits per heavy atom. The third-order valence-corrected chi connectivity index (χ3v) is 11.7. The van der Waals surface area contributed by atoms with Crippen LogP contribution in [0.2, 0.25) is 26.2 Å². The van der Waals surface area contributed by atoms with Gasteiger partial charge in [0.2, 0.25) is 0 Å². The first kappa shape index (κ1) is 27.5. The maximum Gasteiger partial charge on any atom is 0.253 e. The van der Waals surface area contributed by atoms with Gasteiger partial charge in [-0.1, -0.05) is 125 Å². The Morgan fingerprint density at radius 2 is 1.20 bits per heavy atom. The SMILES string of the molecule is CC(C)(C)[C@H](C[C@H](C#C[Si](C)(C)C)Sc1ccccc1)O[Si](C)(c1ccccc1)c1ccccc1. The zero-order valence-corrected chi connectivity index (χ0v) is 25.2. The summed E-state index contributed by atoms with van der Waals surface area (Å²) in [7, 11) is -3.93. The third kappa shape index (κ3) is 8.25. The molecule has 0 aliphatic rings. The van der Waals surface area contributed by atoms with Crippen LogP contribution >= 0.6 is 11.8 Å². The Hall–Kier alpha value is -2.04. The predicted molar refractivity (Wildman–Crippen MR) is 160 cm³/mol. The Kier molecular flexibility index (Phi) is 9.29. The van der Waals surface area contributed by atoms with Crippen LogP contribution in [0.15, 0.2) is 95.9 Å². The fourth-order valence-corrected chi connectivity index (χ4v) is 8.99. The Morgan fingerprint density at radius 1 is 0.743 bits per heavy atom. The fourth-order valence-electron chi connectivity index (χ4n) is 3.97. The topological polar surface area (TPSA) is 9.23 Å². The molecule has 3 aromatic rings. The quantitative estimate of drug-likeness (QED) is 0.177. The van der Waals surface area contributed by atoms with Gasteiger partial charge in [0.15, 0.2) is 0 Å².